The Balaban J connectivity index is 0.000000213. The minimum Gasteiger partial charge on any atom is -0.386 e. The highest BCUT2D eigenvalue weighted by atomic mass is 127. The second kappa shape index (κ2) is 19.9. The Hall–Kier alpha value is -2.96. The Labute approximate surface area is 416 Å². The molecule has 0 saturated carbocycles. The molecule has 2 atom stereocenters. The van der Waals surface area contributed by atoms with Crippen LogP contribution in [0.3, 0.4) is 0 Å². The first-order chi connectivity index (χ1) is 29.4. The summed E-state index contributed by atoms with van der Waals surface area (Å²) in [5.74, 6) is 0.567. The van der Waals surface area contributed by atoms with E-state index in [1.165, 1.54) is 11.1 Å². The van der Waals surface area contributed by atoms with E-state index in [1.807, 2.05) is 60.0 Å². The molecule has 2 aromatic heterocycles. The van der Waals surface area contributed by atoms with Crippen molar-refractivity contribution in [1.82, 2.24) is 19.1 Å². The van der Waals surface area contributed by atoms with Gasteiger partial charge in [0.05, 0.1) is 37.0 Å². The van der Waals surface area contributed by atoms with Crippen molar-refractivity contribution in [1.29, 1.82) is 0 Å². The van der Waals surface area contributed by atoms with Gasteiger partial charge in [-0.1, -0.05) is 110 Å². The predicted octanol–water partition coefficient (Wildman–Crippen LogP) is 14.0. The van der Waals surface area contributed by atoms with Crippen LogP contribution in [-0.4, -0.2) is 44.1 Å². The number of carbonyl (C=O) groups is 2. The minimum atomic E-state index is -3.95. The first kappa shape index (κ1) is 49.5. The van der Waals surface area contributed by atoms with Crippen molar-refractivity contribution >= 4 is 144 Å². The van der Waals surface area contributed by atoms with E-state index in [0.717, 1.165) is 23.8 Å². The molecule has 4 aromatic carbocycles. The summed E-state index contributed by atoms with van der Waals surface area (Å²) >= 11 is 33.9. The second-order valence-corrected chi connectivity index (χ2v) is 20.8. The zero-order chi connectivity index (χ0) is 44.7. The Morgan fingerprint density at radius 2 is 1.03 bits per heavy atom. The van der Waals surface area contributed by atoms with Crippen LogP contribution in [0.5, 0.6) is 5.88 Å². The van der Waals surface area contributed by atoms with Gasteiger partial charge < -0.3 is 4.52 Å². The van der Waals surface area contributed by atoms with Gasteiger partial charge in [0.2, 0.25) is 17.8 Å². The van der Waals surface area contributed by atoms with E-state index in [2.05, 4.69) is 64.4 Å². The summed E-state index contributed by atoms with van der Waals surface area (Å²) in [6, 6.07) is 25.6. The Morgan fingerprint density at radius 3 is 1.44 bits per heavy atom. The van der Waals surface area contributed by atoms with Crippen LogP contribution in [-0.2, 0) is 47.1 Å². The topological polar surface area (TPSA) is 121 Å². The van der Waals surface area contributed by atoms with Crippen LogP contribution in [0.4, 0.5) is 23.3 Å². The molecule has 12 nitrogen and oxygen atoms in total. The minimum absolute atomic E-state index is 0. The number of anilines is 4. The molecular weight excluding hydrogens is 1160 g/mol. The number of benzene rings is 4. The van der Waals surface area contributed by atoms with Gasteiger partial charge in [-0.05, 0) is 122 Å². The molecule has 0 radical (unpaired) electrons. The van der Waals surface area contributed by atoms with Gasteiger partial charge in [0, 0.05) is 41.9 Å². The smallest absolute Gasteiger partial charge is 0.386 e. The molecule has 0 aliphatic carbocycles. The summed E-state index contributed by atoms with van der Waals surface area (Å²) in [4.78, 5) is 39.5. The molecule has 6 aromatic rings. The van der Waals surface area contributed by atoms with Crippen molar-refractivity contribution in [2.24, 2.45) is 0 Å². The van der Waals surface area contributed by atoms with E-state index in [-0.39, 0.29) is 44.3 Å². The van der Waals surface area contributed by atoms with Crippen molar-refractivity contribution in [3.63, 3.8) is 0 Å². The maximum absolute atomic E-state index is 14.0. The highest BCUT2D eigenvalue weighted by molar-refractivity contribution is 14.1. The van der Waals surface area contributed by atoms with Crippen molar-refractivity contribution in [2.45, 2.75) is 59.0 Å². The number of imidazole rings is 2. The van der Waals surface area contributed by atoms with E-state index in [1.54, 1.807) is 72.8 Å². The SMILES string of the molecule is C.CCOP(=O)(OCC)Oc1cnc2n1[C@](C)(Cc1ccc(Br)cc1)C(=O)N2c1cc(Cl)cc(Cl)c1.C[C@@]1(Cc2ccc(Br)cc2)C(=O)N(c2cc(Cl)cc(Cl)c2)c2ncc(I)n21. The van der Waals surface area contributed by atoms with Crippen LogP contribution in [0.15, 0.2) is 106 Å². The Morgan fingerprint density at radius 1 is 0.651 bits per heavy atom. The summed E-state index contributed by atoms with van der Waals surface area (Å²) in [6.45, 7) is 7.30. The molecular formula is C43H40Br2Cl4IN6O6P. The number of nitrogens with zero attached hydrogens (tertiary/aromatic N) is 6. The number of phosphoric acid groups is 1. The molecule has 2 amide bonds. The number of aromatic nitrogens is 4. The monoisotopic (exact) mass is 1190 g/mol. The van der Waals surface area contributed by atoms with Gasteiger partial charge in [-0.2, -0.15) is 0 Å². The quantitative estimate of drug-likeness (QED) is 0.0877. The predicted molar refractivity (Wildman–Crippen MR) is 266 cm³/mol. The molecule has 0 unspecified atom stereocenters. The number of halogens is 7. The number of hydrogen-bond acceptors (Lipinski definition) is 8. The highest BCUT2D eigenvalue weighted by Gasteiger charge is 2.52. The van der Waals surface area contributed by atoms with Crippen molar-refractivity contribution in [3.8, 4) is 5.88 Å². The van der Waals surface area contributed by atoms with Crippen LogP contribution in [0.2, 0.25) is 20.1 Å². The molecule has 63 heavy (non-hydrogen) atoms. The summed E-state index contributed by atoms with van der Waals surface area (Å²) in [7, 11) is -3.95. The van der Waals surface area contributed by atoms with Crippen molar-refractivity contribution < 1.29 is 27.7 Å². The third-order valence-electron chi connectivity index (χ3n) is 10.0. The van der Waals surface area contributed by atoms with E-state index in [0.29, 0.717) is 50.3 Å². The van der Waals surface area contributed by atoms with Crippen LogP contribution in [0, 0.1) is 3.70 Å². The summed E-state index contributed by atoms with van der Waals surface area (Å²) in [6.07, 6.45) is 4.01. The van der Waals surface area contributed by atoms with Crippen LogP contribution >= 0.6 is 109 Å². The van der Waals surface area contributed by atoms with Crippen molar-refractivity contribution in [2.75, 3.05) is 23.0 Å². The Kier molecular flexibility index (Phi) is 15.6. The standard InChI is InChI=1S/C23H23BrCl2N3O5P.C19H13BrCl2IN3O.CH4/c1-4-32-35(31,33-5-2)34-20-14-27-22-28(19-11-17(25)10-18(26)12-19)21(30)23(3,29(20)22)13-15-6-8-16(24)9-7-15;1-19(9-11-2-4-12(20)5-3-11)17(27)25(18-24-10-16(23)26(18)19)15-7-13(21)6-14(22)8-15;/h6-12,14H,4-5,13H2,1-3H3;2-8,10H,9H2,1H3;1H4/t23-;19-;/m11./s1. The van der Waals surface area contributed by atoms with Crippen LogP contribution in [0.25, 0.3) is 0 Å². The molecule has 332 valence electrons. The van der Waals surface area contributed by atoms with Gasteiger partial charge in [0.25, 0.3) is 11.8 Å². The maximum atomic E-state index is 14.0. The molecule has 8 rings (SSSR count). The van der Waals surface area contributed by atoms with Gasteiger partial charge in [-0.25, -0.2) is 24.3 Å². The Bertz CT molecular complexity index is 2680. The highest BCUT2D eigenvalue weighted by Crippen LogP contribution is 2.53. The number of fused-ring (bicyclic) bond motifs is 2. The van der Waals surface area contributed by atoms with E-state index in [9.17, 15) is 14.2 Å². The van der Waals surface area contributed by atoms with Gasteiger partial charge in [0.15, 0.2) is 0 Å². The largest absolute Gasteiger partial charge is 0.531 e. The van der Waals surface area contributed by atoms with Gasteiger partial charge in [-0.3, -0.25) is 27.8 Å². The molecule has 4 heterocycles. The molecule has 0 saturated heterocycles. The van der Waals surface area contributed by atoms with Crippen LogP contribution < -0.4 is 14.3 Å². The van der Waals surface area contributed by atoms with E-state index >= 15 is 0 Å². The third kappa shape index (κ3) is 10.1. The van der Waals surface area contributed by atoms with E-state index < -0.39 is 18.9 Å². The summed E-state index contributed by atoms with van der Waals surface area (Å²) in [5.41, 5.74) is 1.04. The fourth-order valence-electron chi connectivity index (χ4n) is 7.44. The fraction of sp³-hybridized carbons (Fsp3) is 0.256. The zero-order valence-electron chi connectivity index (χ0n) is 33.3. The average Bonchev–Trinajstić information content (AvgIpc) is 3.90. The molecule has 2 aliphatic rings. The van der Waals surface area contributed by atoms with Crippen molar-refractivity contribution in [3.05, 3.63) is 141 Å². The fourth-order valence-corrected chi connectivity index (χ4v) is 11.1. The molecule has 0 spiro atoms. The van der Waals surface area contributed by atoms with Gasteiger partial charge in [0.1, 0.15) is 14.8 Å². The average molecular weight is 1200 g/mol. The molecule has 0 bridgehead atoms. The van der Waals surface area contributed by atoms with E-state index in [4.69, 9.17) is 60.0 Å². The lowest BCUT2D eigenvalue weighted by Gasteiger charge is -2.27. The summed E-state index contributed by atoms with van der Waals surface area (Å²) < 4.78 is 35.9. The first-order valence-electron chi connectivity index (χ1n) is 18.9. The molecule has 20 heteroatoms. The number of carbonyl (C=O) groups excluding carboxylic acids is 2. The number of hydrogen-bond donors (Lipinski definition) is 0. The third-order valence-corrected chi connectivity index (χ3v) is 14.3. The van der Waals surface area contributed by atoms with Gasteiger partial charge >= 0.3 is 7.82 Å². The second-order valence-electron chi connectivity index (χ2n) is 14.5. The van der Waals surface area contributed by atoms with Gasteiger partial charge in [-0.15, -0.1) is 0 Å². The lowest BCUT2D eigenvalue weighted by molar-refractivity contribution is -0.124. The molecule has 2 aliphatic heterocycles. The van der Waals surface area contributed by atoms with Crippen LogP contribution in [0.1, 0.15) is 46.2 Å². The number of phosphoric ester groups is 1. The normalized spacial score (nSPS) is 17.9. The number of rotatable bonds is 12. The molecule has 0 N–H and O–H groups in total. The summed E-state index contributed by atoms with van der Waals surface area (Å²) in [5, 5.41) is 1.68. The zero-order valence-corrected chi connectivity index (χ0v) is 42.5. The number of amides is 2. The lowest BCUT2D eigenvalue weighted by Crippen LogP contribution is -2.41. The maximum Gasteiger partial charge on any atom is 0.531 e. The lowest BCUT2D eigenvalue weighted by atomic mass is 9.92. The first-order valence-corrected chi connectivity index (χ1v) is 24.5. The molecule has 0 fully saturated rings.